The van der Waals surface area contributed by atoms with E-state index in [2.05, 4.69) is 15.3 Å². The Morgan fingerprint density at radius 2 is 1.67 bits per heavy atom. The van der Waals surface area contributed by atoms with Crippen LogP contribution >= 0.6 is 0 Å². The van der Waals surface area contributed by atoms with Crippen molar-refractivity contribution in [2.75, 3.05) is 42.9 Å². The quantitative estimate of drug-likeness (QED) is 0.705. The fraction of sp³-hybridized carbons (Fsp3) is 0.304. The zero-order valence-corrected chi connectivity index (χ0v) is 17.3. The highest BCUT2D eigenvalue weighted by Gasteiger charge is 2.22. The number of piperazine rings is 1. The van der Waals surface area contributed by atoms with E-state index in [9.17, 15) is 9.18 Å². The van der Waals surface area contributed by atoms with Crippen LogP contribution in [0.2, 0.25) is 0 Å². The molecular formula is C23H26FN5O. The van der Waals surface area contributed by atoms with E-state index in [1.807, 2.05) is 59.8 Å². The molecule has 156 valence electrons. The number of carbonyl (C=O) groups is 1. The van der Waals surface area contributed by atoms with Gasteiger partial charge in [0, 0.05) is 26.2 Å². The maximum Gasteiger partial charge on any atom is 0.238 e. The Hall–Kier alpha value is -3.19. The lowest BCUT2D eigenvalue weighted by Crippen LogP contribution is -2.49. The number of carbonyl (C=O) groups excluding carboxylic acids is 1. The van der Waals surface area contributed by atoms with Crippen molar-refractivity contribution in [3.63, 3.8) is 0 Å². The average molecular weight is 407 g/mol. The third-order valence-electron chi connectivity index (χ3n) is 5.49. The molecule has 0 bridgehead atoms. The maximum atomic E-state index is 14.0. The Bertz CT molecular complexity index is 1030. The third-order valence-corrected chi connectivity index (χ3v) is 5.49. The molecule has 1 saturated heterocycles. The summed E-state index contributed by atoms with van der Waals surface area (Å²) in [6, 6.07) is 16.7. The van der Waals surface area contributed by atoms with Crippen LogP contribution in [-0.2, 0) is 4.79 Å². The Morgan fingerprint density at radius 1 is 1.00 bits per heavy atom. The van der Waals surface area contributed by atoms with Gasteiger partial charge in [-0.3, -0.25) is 9.69 Å². The van der Waals surface area contributed by atoms with Crippen LogP contribution in [0.15, 0.2) is 54.6 Å². The molecule has 0 atom stereocenters. The Kier molecular flexibility index (Phi) is 5.81. The molecule has 2 aromatic carbocycles. The van der Waals surface area contributed by atoms with Crippen molar-refractivity contribution in [3.8, 4) is 5.69 Å². The number of rotatable bonds is 5. The molecule has 1 fully saturated rings. The first-order chi connectivity index (χ1) is 14.5. The normalized spacial score (nSPS) is 14.7. The summed E-state index contributed by atoms with van der Waals surface area (Å²) in [5.41, 5.74) is 4.03. The number of aryl methyl sites for hydroxylation is 1. The van der Waals surface area contributed by atoms with E-state index in [0.29, 0.717) is 38.4 Å². The number of hydrogen-bond donors (Lipinski definition) is 1. The monoisotopic (exact) mass is 407 g/mol. The molecule has 30 heavy (non-hydrogen) atoms. The molecule has 3 aromatic rings. The van der Waals surface area contributed by atoms with E-state index in [1.165, 1.54) is 6.07 Å². The second-order valence-corrected chi connectivity index (χ2v) is 7.56. The van der Waals surface area contributed by atoms with Gasteiger partial charge in [-0.25, -0.2) is 9.07 Å². The zero-order chi connectivity index (χ0) is 21.1. The van der Waals surface area contributed by atoms with Crippen molar-refractivity contribution in [3.05, 3.63) is 71.8 Å². The number of anilines is 2. The summed E-state index contributed by atoms with van der Waals surface area (Å²) in [6.07, 6.45) is 0. The molecule has 0 spiro atoms. The summed E-state index contributed by atoms with van der Waals surface area (Å²) < 4.78 is 15.8. The summed E-state index contributed by atoms with van der Waals surface area (Å²) in [4.78, 5) is 16.8. The summed E-state index contributed by atoms with van der Waals surface area (Å²) in [7, 11) is 0. The second-order valence-electron chi connectivity index (χ2n) is 7.56. The Labute approximate surface area is 175 Å². The number of benzene rings is 2. The average Bonchev–Trinajstić information content (AvgIpc) is 3.04. The molecule has 0 radical (unpaired) electrons. The van der Waals surface area contributed by atoms with Gasteiger partial charge in [-0.05, 0) is 38.1 Å². The third kappa shape index (κ3) is 4.21. The Balaban J connectivity index is 1.36. The van der Waals surface area contributed by atoms with Gasteiger partial charge in [0.2, 0.25) is 5.91 Å². The van der Waals surface area contributed by atoms with Crippen LogP contribution in [0.1, 0.15) is 11.4 Å². The van der Waals surface area contributed by atoms with Gasteiger partial charge in [0.05, 0.1) is 35.0 Å². The molecule has 2 heterocycles. The smallest absolute Gasteiger partial charge is 0.238 e. The molecule has 1 aliphatic rings. The van der Waals surface area contributed by atoms with Gasteiger partial charge in [-0.15, -0.1) is 0 Å². The molecule has 0 saturated carbocycles. The predicted molar refractivity (Wildman–Crippen MR) is 117 cm³/mol. The summed E-state index contributed by atoms with van der Waals surface area (Å²) in [5.74, 6) is -0.266. The highest BCUT2D eigenvalue weighted by atomic mass is 19.1. The Morgan fingerprint density at radius 3 is 2.37 bits per heavy atom. The van der Waals surface area contributed by atoms with Crippen molar-refractivity contribution in [1.82, 2.24) is 14.7 Å². The molecule has 0 aliphatic carbocycles. The van der Waals surface area contributed by atoms with E-state index in [4.69, 9.17) is 0 Å². The SMILES string of the molecule is Cc1nn(-c2ccccc2)c(C)c1NC(=O)CN1CCN(c2ccccc2F)CC1. The van der Waals surface area contributed by atoms with Crippen LogP contribution in [0.25, 0.3) is 5.69 Å². The highest BCUT2D eigenvalue weighted by Crippen LogP contribution is 2.23. The predicted octanol–water partition coefficient (Wildman–Crippen LogP) is 3.39. The van der Waals surface area contributed by atoms with Crippen molar-refractivity contribution in [1.29, 1.82) is 0 Å². The minimum atomic E-state index is -0.204. The molecule has 6 nitrogen and oxygen atoms in total. The van der Waals surface area contributed by atoms with Gasteiger partial charge >= 0.3 is 0 Å². The van der Waals surface area contributed by atoms with Crippen LogP contribution in [0.4, 0.5) is 15.8 Å². The fourth-order valence-corrected chi connectivity index (χ4v) is 3.88. The molecule has 1 N–H and O–H groups in total. The van der Waals surface area contributed by atoms with E-state index in [-0.39, 0.29) is 11.7 Å². The van der Waals surface area contributed by atoms with Crippen molar-refractivity contribution in [2.45, 2.75) is 13.8 Å². The molecule has 0 unspecified atom stereocenters. The van der Waals surface area contributed by atoms with Crippen LogP contribution in [0.5, 0.6) is 0 Å². The molecule has 1 aliphatic heterocycles. The van der Waals surface area contributed by atoms with Gasteiger partial charge in [0.1, 0.15) is 5.82 Å². The number of nitrogens with one attached hydrogen (secondary N) is 1. The van der Waals surface area contributed by atoms with Gasteiger partial charge in [-0.2, -0.15) is 5.10 Å². The second kappa shape index (κ2) is 8.67. The van der Waals surface area contributed by atoms with Crippen LogP contribution in [0.3, 0.4) is 0 Å². The van der Waals surface area contributed by atoms with Gasteiger partial charge < -0.3 is 10.2 Å². The molecule has 1 aromatic heterocycles. The van der Waals surface area contributed by atoms with Crippen LogP contribution in [0, 0.1) is 19.7 Å². The minimum absolute atomic E-state index is 0.0619. The van der Waals surface area contributed by atoms with Gasteiger partial charge in [-0.1, -0.05) is 30.3 Å². The van der Waals surface area contributed by atoms with E-state index in [1.54, 1.807) is 12.1 Å². The lowest BCUT2D eigenvalue weighted by molar-refractivity contribution is -0.117. The van der Waals surface area contributed by atoms with Gasteiger partial charge in [0.25, 0.3) is 0 Å². The number of halogens is 1. The van der Waals surface area contributed by atoms with Crippen LogP contribution < -0.4 is 10.2 Å². The van der Waals surface area contributed by atoms with Crippen molar-refractivity contribution in [2.24, 2.45) is 0 Å². The number of nitrogens with zero attached hydrogens (tertiary/aromatic N) is 4. The standard InChI is InChI=1S/C23H26FN5O/c1-17-23(18(2)29(26-17)19-8-4-3-5-9-19)25-22(30)16-27-12-14-28(15-13-27)21-11-7-6-10-20(21)24/h3-11H,12-16H2,1-2H3,(H,25,30). The van der Waals surface area contributed by atoms with Gasteiger partial charge in [0.15, 0.2) is 0 Å². The van der Waals surface area contributed by atoms with E-state index < -0.39 is 0 Å². The number of amides is 1. The van der Waals surface area contributed by atoms with E-state index in [0.717, 1.165) is 22.8 Å². The van der Waals surface area contributed by atoms with Crippen LogP contribution in [-0.4, -0.2) is 53.3 Å². The molecule has 7 heteroatoms. The lowest BCUT2D eigenvalue weighted by atomic mass is 10.2. The first kappa shape index (κ1) is 20.1. The zero-order valence-electron chi connectivity index (χ0n) is 17.3. The molecule has 1 amide bonds. The maximum absolute atomic E-state index is 14.0. The minimum Gasteiger partial charge on any atom is -0.367 e. The topological polar surface area (TPSA) is 53.4 Å². The number of hydrogen-bond acceptors (Lipinski definition) is 4. The highest BCUT2D eigenvalue weighted by molar-refractivity contribution is 5.93. The summed E-state index contributed by atoms with van der Waals surface area (Å²) >= 11 is 0. The molecular weight excluding hydrogens is 381 g/mol. The van der Waals surface area contributed by atoms with Crippen molar-refractivity contribution < 1.29 is 9.18 Å². The lowest BCUT2D eigenvalue weighted by Gasteiger charge is -2.35. The molecule has 4 rings (SSSR count). The largest absolute Gasteiger partial charge is 0.367 e. The number of aromatic nitrogens is 2. The first-order valence-corrected chi connectivity index (χ1v) is 10.2. The van der Waals surface area contributed by atoms with Crippen molar-refractivity contribution >= 4 is 17.3 Å². The first-order valence-electron chi connectivity index (χ1n) is 10.2. The summed E-state index contributed by atoms with van der Waals surface area (Å²) in [5, 5.41) is 7.61. The number of para-hydroxylation sites is 2. The fourth-order valence-electron chi connectivity index (χ4n) is 3.88. The van der Waals surface area contributed by atoms with E-state index >= 15 is 0 Å². The summed E-state index contributed by atoms with van der Waals surface area (Å²) in [6.45, 7) is 6.97.